The molecule has 0 heterocycles. The van der Waals surface area contributed by atoms with Gasteiger partial charge in [0.15, 0.2) is 0 Å². The first-order valence-electron chi connectivity index (χ1n) is 8.37. The van der Waals surface area contributed by atoms with Gasteiger partial charge in [0.05, 0.1) is 28.0 Å². The normalized spacial score (nSPS) is 10.3. The van der Waals surface area contributed by atoms with Gasteiger partial charge in [0.2, 0.25) is 5.91 Å². The SMILES string of the molecule is O=C(CNc1cccc(Cl)c1Cl)Nc1ccccc1OCc1ccccc1. The number of hydrogen-bond acceptors (Lipinski definition) is 3. The fourth-order valence-corrected chi connectivity index (χ4v) is 2.81. The predicted molar refractivity (Wildman–Crippen MR) is 111 cm³/mol. The van der Waals surface area contributed by atoms with E-state index < -0.39 is 0 Å². The van der Waals surface area contributed by atoms with Crippen molar-refractivity contribution in [1.29, 1.82) is 0 Å². The molecule has 4 nitrogen and oxygen atoms in total. The number of rotatable bonds is 7. The van der Waals surface area contributed by atoms with Gasteiger partial charge in [0, 0.05) is 0 Å². The molecule has 0 bridgehead atoms. The highest BCUT2D eigenvalue weighted by Crippen LogP contribution is 2.29. The molecule has 138 valence electrons. The smallest absolute Gasteiger partial charge is 0.243 e. The predicted octanol–water partition coefficient (Wildman–Crippen LogP) is 5.62. The van der Waals surface area contributed by atoms with E-state index in [0.717, 1.165) is 5.56 Å². The first-order valence-corrected chi connectivity index (χ1v) is 9.12. The van der Waals surface area contributed by atoms with E-state index in [1.165, 1.54) is 0 Å². The van der Waals surface area contributed by atoms with Crippen molar-refractivity contribution in [3.8, 4) is 5.75 Å². The number of halogens is 2. The summed E-state index contributed by atoms with van der Waals surface area (Å²) in [5.74, 6) is 0.386. The topological polar surface area (TPSA) is 50.4 Å². The minimum Gasteiger partial charge on any atom is -0.487 e. The van der Waals surface area contributed by atoms with Gasteiger partial charge >= 0.3 is 0 Å². The number of amides is 1. The Labute approximate surface area is 168 Å². The molecule has 2 N–H and O–H groups in total. The molecule has 1 amide bonds. The summed E-state index contributed by atoms with van der Waals surface area (Å²) in [6.07, 6.45) is 0. The Morgan fingerprint density at radius 1 is 0.852 bits per heavy atom. The minimum atomic E-state index is -0.221. The van der Waals surface area contributed by atoms with Crippen LogP contribution in [-0.2, 0) is 11.4 Å². The van der Waals surface area contributed by atoms with Crippen LogP contribution in [0.2, 0.25) is 10.0 Å². The number of carbonyl (C=O) groups is 1. The highest BCUT2D eigenvalue weighted by atomic mass is 35.5. The van der Waals surface area contributed by atoms with E-state index in [1.807, 2.05) is 48.5 Å². The molecule has 3 aromatic rings. The highest BCUT2D eigenvalue weighted by molar-refractivity contribution is 6.43. The summed E-state index contributed by atoms with van der Waals surface area (Å²) in [5, 5.41) is 6.65. The summed E-state index contributed by atoms with van der Waals surface area (Å²) in [7, 11) is 0. The zero-order valence-electron chi connectivity index (χ0n) is 14.4. The number of benzene rings is 3. The number of anilines is 2. The van der Waals surface area contributed by atoms with Crippen molar-refractivity contribution < 1.29 is 9.53 Å². The highest BCUT2D eigenvalue weighted by Gasteiger charge is 2.09. The lowest BCUT2D eigenvalue weighted by Gasteiger charge is -2.13. The van der Waals surface area contributed by atoms with Gasteiger partial charge in [-0.2, -0.15) is 0 Å². The van der Waals surface area contributed by atoms with Crippen molar-refractivity contribution in [3.63, 3.8) is 0 Å². The van der Waals surface area contributed by atoms with Gasteiger partial charge < -0.3 is 15.4 Å². The first kappa shape index (κ1) is 19.1. The molecule has 0 saturated carbocycles. The van der Waals surface area contributed by atoms with Crippen molar-refractivity contribution in [2.75, 3.05) is 17.2 Å². The molecule has 0 aliphatic carbocycles. The third-order valence-corrected chi connectivity index (χ3v) is 4.61. The molecule has 6 heteroatoms. The number of carbonyl (C=O) groups excluding carboxylic acids is 1. The Balaban J connectivity index is 1.60. The lowest BCUT2D eigenvalue weighted by Crippen LogP contribution is -2.22. The van der Waals surface area contributed by atoms with Crippen LogP contribution in [-0.4, -0.2) is 12.5 Å². The fraction of sp³-hybridized carbons (Fsp3) is 0.0952. The Kier molecular flexibility index (Phi) is 6.58. The molecular weight excluding hydrogens is 383 g/mol. The maximum atomic E-state index is 12.3. The fourth-order valence-electron chi connectivity index (χ4n) is 2.44. The summed E-state index contributed by atoms with van der Waals surface area (Å²) in [5.41, 5.74) is 2.27. The third-order valence-electron chi connectivity index (χ3n) is 3.79. The zero-order valence-corrected chi connectivity index (χ0v) is 15.9. The summed E-state index contributed by atoms with van der Waals surface area (Å²) >= 11 is 12.1. The molecule has 0 saturated heterocycles. The minimum absolute atomic E-state index is 0.0487. The second-order valence-corrected chi connectivity index (χ2v) is 6.56. The van der Waals surface area contributed by atoms with Crippen LogP contribution >= 0.6 is 23.2 Å². The average molecular weight is 401 g/mol. The van der Waals surface area contributed by atoms with Gasteiger partial charge in [-0.25, -0.2) is 0 Å². The zero-order chi connectivity index (χ0) is 19.1. The molecule has 27 heavy (non-hydrogen) atoms. The average Bonchev–Trinajstić information content (AvgIpc) is 2.69. The third kappa shape index (κ3) is 5.39. The second-order valence-electron chi connectivity index (χ2n) is 5.77. The molecular formula is C21H18Cl2N2O2. The molecule has 0 aromatic heterocycles. The summed E-state index contributed by atoms with van der Waals surface area (Å²) < 4.78 is 5.85. The number of ether oxygens (including phenoxy) is 1. The van der Waals surface area contributed by atoms with Gasteiger partial charge in [-0.05, 0) is 29.8 Å². The standard InChI is InChI=1S/C21H18Cl2N2O2/c22-16-9-6-11-18(21(16)23)24-13-20(26)25-17-10-4-5-12-19(17)27-14-15-7-2-1-3-8-15/h1-12,24H,13-14H2,(H,25,26). The molecule has 0 fully saturated rings. The molecule has 0 radical (unpaired) electrons. The van der Waals surface area contributed by atoms with Crippen LogP contribution in [0.3, 0.4) is 0 Å². The van der Waals surface area contributed by atoms with E-state index in [2.05, 4.69) is 10.6 Å². The maximum absolute atomic E-state index is 12.3. The Hall–Kier alpha value is -2.69. The van der Waals surface area contributed by atoms with Crippen molar-refractivity contribution in [3.05, 3.63) is 88.4 Å². The van der Waals surface area contributed by atoms with Crippen LogP contribution in [0.5, 0.6) is 5.75 Å². The molecule has 0 aliphatic heterocycles. The van der Waals surface area contributed by atoms with Crippen LogP contribution in [0.15, 0.2) is 72.8 Å². The van der Waals surface area contributed by atoms with Gasteiger partial charge in [0.25, 0.3) is 0 Å². The molecule has 0 aliphatic rings. The van der Waals surface area contributed by atoms with E-state index in [4.69, 9.17) is 27.9 Å². The van der Waals surface area contributed by atoms with E-state index in [0.29, 0.717) is 33.8 Å². The lowest BCUT2D eigenvalue weighted by atomic mass is 10.2. The second kappa shape index (κ2) is 9.31. The Morgan fingerprint density at radius 2 is 1.56 bits per heavy atom. The summed E-state index contributed by atoms with van der Waals surface area (Å²) in [6, 6.07) is 22.4. The van der Waals surface area contributed by atoms with E-state index in [9.17, 15) is 4.79 Å². The quantitative estimate of drug-likeness (QED) is 0.540. The van der Waals surface area contributed by atoms with Crippen molar-refractivity contribution in [2.24, 2.45) is 0 Å². The largest absolute Gasteiger partial charge is 0.487 e. The maximum Gasteiger partial charge on any atom is 0.243 e. The summed E-state index contributed by atoms with van der Waals surface area (Å²) in [6.45, 7) is 0.469. The van der Waals surface area contributed by atoms with Gasteiger partial charge in [-0.1, -0.05) is 71.7 Å². The molecule has 0 spiro atoms. The first-order chi connectivity index (χ1) is 13.1. The van der Waals surface area contributed by atoms with Crippen molar-refractivity contribution in [1.82, 2.24) is 0 Å². The number of hydrogen-bond donors (Lipinski definition) is 2. The van der Waals surface area contributed by atoms with Crippen molar-refractivity contribution in [2.45, 2.75) is 6.61 Å². The van der Waals surface area contributed by atoms with Gasteiger partial charge in [-0.3, -0.25) is 4.79 Å². The van der Waals surface area contributed by atoms with Gasteiger partial charge in [0.1, 0.15) is 12.4 Å². The summed E-state index contributed by atoms with van der Waals surface area (Å²) in [4.78, 5) is 12.3. The lowest BCUT2D eigenvalue weighted by molar-refractivity contribution is -0.114. The van der Waals surface area contributed by atoms with Gasteiger partial charge in [-0.15, -0.1) is 0 Å². The molecule has 0 unspecified atom stereocenters. The Bertz CT molecular complexity index is 917. The van der Waals surface area contributed by atoms with Crippen LogP contribution in [0.25, 0.3) is 0 Å². The van der Waals surface area contributed by atoms with Crippen LogP contribution in [0, 0.1) is 0 Å². The van der Waals surface area contributed by atoms with Crippen LogP contribution in [0.4, 0.5) is 11.4 Å². The molecule has 0 atom stereocenters. The number of para-hydroxylation sites is 2. The van der Waals surface area contributed by atoms with E-state index in [-0.39, 0.29) is 12.5 Å². The Morgan fingerprint density at radius 3 is 2.37 bits per heavy atom. The molecule has 3 aromatic carbocycles. The van der Waals surface area contributed by atoms with E-state index in [1.54, 1.807) is 24.3 Å². The van der Waals surface area contributed by atoms with Crippen LogP contribution < -0.4 is 15.4 Å². The number of nitrogens with one attached hydrogen (secondary N) is 2. The monoisotopic (exact) mass is 400 g/mol. The van der Waals surface area contributed by atoms with E-state index >= 15 is 0 Å². The van der Waals surface area contributed by atoms with Crippen molar-refractivity contribution >= 4 is 40.5 Å². The van der Waals surface area contributed by atoms with Crippen LogP contribution in [0.1, 0.15) is 5.56 Å². The molecule has 3 rings (SSSR count).